The predicted octanol–water partition coefficient (Wildman–Crippen LogP) is 2.97. The summed E-state index contributed by atoms with van der Waals surface area (Å²) in [6, 6.07) is 2.26. The van der Waals surface area contributed by atoms with Gasteiger partial charge in [-0.3, -0.25) is 9.59 Å². The standard InChI is InChI=1S/C13H15ClO5/c14-9-6-8(11(16)7-12(9)17)10(15)4-2-1-3-5-13(18)19/h6-7,16-17H,1-5H2,(H,18,19). The number of ketones is 1. The maximum Gasteiger partial charge on any atom is 0.303 e. The van der Waals surface area contributed by atoms with Crippen LogP contribution in [-0.2, 0) is 4.79 Å². The van der Waals surface area contributed by atoms with Crippen molar-refractivity contribution in [3.8, 4) is 11.5 Å². The fourth-order valence-corrected chi connectivity index (χ4v) is 1.81. The summed E-state index contributed by atoms with van der Waals surface area (Å²) in [7, 11) is 0. The number of hydrogen-bond acceptors (Lipinski definition) is 4. The lowest BCUT2D eigenvalue weighted by molar-refractivity contribution is -0.137. The van der Waals surface area contributed by atoms with Gasteiger partial charge in [0, 0.05) is 18.9 Å². The second-order valence-corrected chi connectivity index (χ2v) is 4.61. The number of aliphatic carboxylic acids is 1. The molecule has 0 fully saturated rings. The monoisotopic (exact) mass is 286 g/mol. The van der Waals surface area contributed by atoms with E-state index in [9.17, 15) is 19.8 Å². The summed E-state index contributed by atoms with van der Waals surface area (Å²) in [6.45, 7) is 0. The second kappa shape index (κ2) is 6.99. The number of aromatic hydroxyl groups is 2. The number of phenols is 2. The van der Waals surface area contributed by atoms with Crippen LogP contribution < -0.4 is 0 Å². The SMILES string of the molecule is O=C(O)CCCCCC(=O)c1cc(Cl)c(O)cc1O. The molecule has 0 aromatic heterocycles. The number of carboxylic acids is 1. The number of unbranched alkanes of at least 4 members (excludes halogenated alkanes) is 2. The first kappa shape index (κ1) is 15.3. The molecule has 104 valence electrons. The Morgan fingerprint density at radius 1 is 1.00 bits per heavy atom. The Labute approximate surface area is 115 Å². The number of Topliss-reactive ketones (excluding diaryl/α,β-unsaturated/α-hetero) is 1. The third-order valence-electron chi connectivity index (χ3n) is 2.66. The van der Waals surface area contributed by atoms with Crippen LogP contribution in [0.2, 0.25) is 5.02 Å². The van der Waals surface area contributed by atoms with E-state index in [1.807, 2.05) is 0 Å². The first-order valence-corrected chi connectivity index (χ1v) is 6.26. The first-order valence-electron chi connectivity index (χ1n) is 5.88. The molecule has 1 rings (SSSR count). The van der Waals surface area contributed by atoms with Crippen molar-refractivity contribution in [1.29, 1.82) is 0 Å². The van der Waals surface area contributed by atoms with E-state index in [-0.39, 0.29) is 40.7 Å². The molecule has 5 nitrogen and oxygen atoms in total. The van der Waals surface area contributed by atoms with Crippen LogP contribution in [0.25, 0.3) is 0 Å². The highest BCUT2D eigenvalue weighted by atomic mass is 35.5. The largest absolute Gasteiger partial charge is 0.507 e. The lowest BCUT2D eigenvalue weighted by Gasteiger charge is -2.06. The maximum absolute atomic E-state index is 11.8. The van der Waals surface area contributed by atoms with Gasteiger partial charge in [0.05, 0.1) is 10.6 Å². The summed E-state index contributed by atoms with van der Waals surface area (Å²) in [4.78, 5) is 22.1. The van der Waals surface area contributed by atoms with Gasteiger partial charge in [-0.2, -0.15) is 0 Å². The van der Waals surface area contributed by atoms with Crippen LogP contribution in [0.3, 0.4) is 0 Å². The lowest BCUT2D eigenvalue weighted by Crippen LogP contribution is -2.00. The molecule has 1 aromatic carbocycles. The minimum Gasteiger partial charge on any atom is -0.507 e. The van der Waals surface area contributed by atoms with E-state index in [2.05, 4.69) is 0 Å². The summed E-state index contributed by atoms with van der Waals surface area (Å²) in [5, 5.41) is 27.3. The summed E-state index contributed by atoms with van der Waals surface area (Å²) in [5.74, 6) is -1.72. The average Bonchev–Trinajstić information content (AvgIpc) is 2.32. The van der Waals surface area contributed by atoms with E-state index >= 15 is 0 Å². The number of hydrogen-bond donors (Lipinski definition) is 3. The first-order chi connectivity index (χ1) is 8.91. The Morgan fingerprint density at radius 2 is 1.63 bits per heavy atom. The maximum atomic E-state index is 11.8. The molecule has 0 amide bonds. The molecule has 0 aliphatic rings. The molecule has 0 saturated carbocycles. The van der Waals surface area contributed by atoms with Crippen molar-refractivity contribution >= 4 is 23.4 Å². The molecular formula is C13H15ClO5. The van der Waals surface area contributed by atoms with Gasteiger partial charge in [-0.1, -0.05) is 18.0 Å². The van der Waals surface area contributed by atoms with Crippen LogP contribution >= 0.6 is 11.6 Å². The van der Waals surface area contributed by atoms with Crippen molar-refractivity contribution in [2.24, 2.45) is 0 Å². The number of halogens is 1. The third kappa shape index (κ3) is 4.79. The number of carbonyl (C=O) groups excluding carboxylic acids is 1. The van der Waals surface area contributed by atoms with Crippen molar-refractivity contribution < 1.29 is 24.9 Å². The van der Waals surface area contributed by atoms with Crippen LogP contribution in [0.5, 0.6) is 11.5 Å². The molecule has 1 aromatic rings. The second-order valence-electron chi connectivity index (χ2n) is 4.20. The van der Waals surface area contributed by atoms with E-state index in [1.165, 1.54) is 6.07 Å². The topological polar surface area (TPSA) is 94.8 Å². The molecule has 0 spiro atoms. The van der Waals surface area contributed by atoms with E-state index in [0.29, 0.717) is 19.3 Å². The number of rotatable bonds is 7. The summed E-state index contributed by atoms with van der Waals surface area (Å²) in [6.07, 6.45) is 1.98. The zero-order valence-corrected chi connectivity index (χ0v) is 11.0. The van der Waals surface area contributed by atoms with Crippen molar-refractivity contribution in [2.75, 3.05) is 0 Å². The minimum absolute atomic E-state index is 0.00651. The quantitative estimate of drug-likeness (QED) is 0.529. The number of carboxylic acid groups (broad SMARTS) is 1. The molecule has 0 aliphatic heterocycles. The fourth-order valence-electron chi connectivity index (χ4n) is 1.65. The normalized spacial score (nSPS) is 10.4. The van der Waals surface area contributed by atoms with Gasteiger partial charge in [0.1, 0.15) is 11.5 Å². The molecule has 0 aliphatic carbocycles. The molecule has 19 heavy (non-hydrogen) atoms. The van der Waals surface area contributed by atoms with Gasteiger partial charge in [0.15, 0.2) is 5.78 Å². The summed E-state index contributed by atoms with van der Waals surface area (Å²) in [5.41, 5.74) is 0.0704. The Bertz CT molecular complexity index is 484. The zero-order valence-electron chi connectivity index (χ0n) is 10.2. The van der Waals surface area contributed by atoms with Crippen LogP contribution in [0.15, 0.2) is 12.1 Å². The highest BCUT2D eigenvalue weighted by Gasteiger charge is 2.14. The van der Waals surface area contributed by atoms with Gasteiger partial charge in [0.2, 0.25) is 0 Å². The van der Waals surface area contributed by atoms with Crippen molar-refractivity contribution in [3.63, 3.8) is 0 Å². The molecule has 0 saturated heterocycles. The molecule has 0 radical (unpaired) electrons. The number of carbonyl (C=O) groups is 2. The van der Waals surface area contributed by atoms with Gasteiger partial charge in [-0.05, 0) is 18.9 Å². The van der Waals surface area contributed by atoms with Crippen molar-refractivity contribution in [3.05, 3.63) is 22.7 Å². The molecule has 0 heterocycles. The minimum atomic E-state index is -0.853. The zero-order chi connectivity index (χ0) is 14.4. The molecule has 0 unspecified atom stereocenters. The van der Waals surface area contributed by atoms with Crippen LogP contribution in [0.1, 0.15) is 42.5 Å². The highest BCUT2D eigenvalue weighted by Crippen LogP contribution is 2.31. The summed E-state index contributed by atoms with van der Waals surface area (Å²) < 4.78 is 0. The van der Waals surface area contributed by atoms with Gasteiger partial charge in [-0.15, -0.1) is 0 Å². The Hall–Kier alpha value is -1.75. The van der Waals surface area contributed by atoms with Gasteiger partial charge in [-0.25, -0.2) is 0 Å². The molecule has 3 N–H and O–H groups in total. The van der Waals surface area contributed by atoms with E-state index in [4.69, 9.17) is 16.7 Å². The fraction of sp³-hybridized carbons (Fsp3) is 0.385. The highest BCUT2D eigenvalue weighted by molar-refractivity contribution is 6.32. The van der Waals surface area contributed by atoms with Crippen LogP contribution in [0.4, 0.5) is 0 Å². The van der Waals surface area contributed by atoms with Crippen LogP contribution in [0, 0.1) is 0 Å². The summed E-state index contributed by atoms with van der Waals surface area (Å²) >= 11 is 5.67. The smallest absolute Gasteiger partial charge is 0.303 e. The van der Waals surface area contributed by atoms with E-state index in [0.717, 1.165) is 6.07 Å². The average molecular weight is 287 g/mol. The van der Waals surface area contributed by atoms with Crippen molar-refractivity contribution in [1.82, 2.24) is 0 Å². The Kier molecular flexibility index (Phi) is 5.63. The predicted molar refractivity (Wildman–Crippen MR) is 69.8 cm³/mol. The number of benzene rings is 1. The van der Waals surface area contributed by atoms with Gasteiger partial charge in [0.25, 0.3) is 0 Å². The molecule has 0 bridgehead atoms. The van der Waals surface area contributed by atoms with Gasteiger partial charge >= 0.3 is 5.97 Å². The van der Waals surface area contributed by atoms with Gasteiger partial charge < -0.3 is 15.3 Å². The van der Waals surface area contributed by atoms with Crippen molar-refractivity contribution in [2.45, 2.75) is 32.1 Å². The Balaban J connectivity index is 2.50. The third-order valence-corrected chi connectivity index (χ3v) is 2.96. The Morgan fingerprint density at radius 3 is 2.26 bits per heavy atom. The lowest BCUT2D eigenvalue weighted by atomic mass is 10.0. The number of phenolic OH excluding ortho intramolecular Hbond substituents is 2. The molecule has 0 atom stereocenters. The van der Waals surface area contributed by atoms with Crippen LogP contribution in [-0.4, -0.2) is 27.1 Å². The molecule has 6 heteroatoms. The molecular weight excluding hydrogens is 272 g/mol. The van der Waals surface area contributed by atoms with E-state index in [1.54, 1.807) is 0 Å². The van der Waals surface area contributed by atoms with E-state index < -0.39 is 5.97 Å².